The molecule has 12 rings (SSSR count). The van der Waals surface area contributed by atoms with E-state index in [9.17, 15) is 5.48 Å². The van der Waals surface area contributed by atoms with Gasteiger partial charge in [-0.05, 0) is 161 Å². The van der Waals surface area contributed by atoms with E-state index in [1.807, 2.05) is 4.90 Å². The van der Waals surface area contributed by atoms with Crippen LogP contribution in [-0.4, -0.2) is 0 Å². The van der Waals surface area contributed by atoms with E-state index in [2.05, 4.69) is 113 Å². The molecule has 6 aromatic rings. The number of nitrogens with zero attached hydrogens (tertiary/aromatic N) is 1. The number of fused-ring (bicyclic) bond motifs is 4. The number of para-hydroxylation sites is 1. The molecule has 6 aromatic carbocycles. The van der Waals surface area contributed by atoms with Crippen LogP contribution in [0.3, 0.4) is 0 Å². The Balaban J connectivity index is 1.18. The molecule has 54 heavy (non-hydrogen) atoms. The largest absolute Gasteiger partial charge is 0.457 e. The molecule has 1 spiro atoms. The van der Waals surface area contributed by atoms with Crippen LogP contribution in [-0.2, 0) is 16.2 Å². The van der Waals surface area contributed by atoms with Gasteiger partial charge in [-0.3, -0.25) is 0 Å². The number of rotatable bonds is 4. The predicted molar refractivity (Wildman–Crippen MR) is 224 cm³/mol. The zero-order valence-electron chi connectivity index (χ0n) is 38.7. The molecule has 0 saturated heterocycles. The van der Waals surface area contributed by atoms with Gasteiger partial charge in [-0.1, -0.05) is 106 Å². The van der Waals surface area contributed by atoms with Crippen LogP contribution < -0.4 is 9.64 Å². The van der Waals surface area contributed by atoms with Crippen molar-refractivity contribution in [3.05, 3.63) is 149 Å². The Morgan fingerprint density at radius 2 is 1.26 bits per heavy atom. The van der Waals surface area contributed by atoms with E-state index in [-0.39, 0.29) is 82.1 Å². The summed E-state index contributed by atoms with van der Waals surface area (Å²) < 4.78 is 73.0. The summed E-state index contributed by atoms with van der Waals surface area (Å²) in [6.07, 6.45) is 6.86. The molecule has 6 aliphatic rings. The van der Waals surface area contributed by atoms with Crippen LogP contribution in [0.5, 0.6) is 11.5 Å². The van der Waals surface area contributed by atoms with Crippen LogP contribution >= 0.6 is 0 Å². The summed E-state index contributed by atoms with van der Waals surface area (Å²) in [7, 11) is 0. The molecule has 2 heteroatoms. The van der Waals surface area contributed by atoms with Crippen LogP contribution in [0, 0.1) is 23.7 Å². The molecule has 0 atom stereocenters. The number of ether oxygens (including phenoxy) is 1. The molecule has 4 fully saturated rings. The highest BCUT2D eigenvalue weighted by Gasteiger charge is 2.61. The third-order valence-electron chi connectivity index (χ3n) is 14.4. The third kappa shape index (κ3) is 4.71. The van der Waals surface area contributed by atoms with Gasteiger partial charge in [-0.15, -0.1) is 0 Å². The SMILES string of the molecule is [2H]c1c([2H])c([2H])c2c(c1[2H])Oc1c([2H])c([2H])c(N(c3ccc(-c4cccc5ccccc45)cc3)c3ccc4c(c3)C(C)(C)CCC4(C)C)c([2H])c1C21C2CC3CC(C2)CC1C3. The normalized spacial score (nSPS) is 28.3. The minimum Gasteiger partial charge on any atom is -0.457 e. The first-order chi connectivity index (χ1) is 29.1. The van der Waals surface area contributed by atoms with Crippen molar-refractivity contribution < 1.29 is 14.3 Å². The van der Waals surface area contributed by atoms with Gasteiger partial charge in [0.05, 0.1) is 9.60 Å². The zero-order valence-corrected chi connectivity index (χ0v) is 31.7. The van der Waals surface area contributed by atoms with Crippen LogP contribution in [0.25, 0.3) is 21.9 Å². The number of hydrogen-bond acceptors (Lipinski definition) is 2. The van der Waals surface area contributed by atoms with Gasteiger partial charge in [0.1, 0.15) is 11.5 Å². The lowest BCUT2D eigenvalue weighted by atomic mass is 9.42. The predicted octanol–water partition coefficient (Wildman–Crippen LogP) is 14.2. The minimum atomic E-state index is -0.964. The van der Waals surface area contributed by atoms with Gasteiger partial charge in [-0.2, -0.15) is 0 Å². The Morgan fingerprint density at radius 1 is 0.593 bits per heavy atom. The van der Waals surface area contributed by atoms with E-state index in [4.69, 9.17) is 8.85 Å². The fraction of sp³-hybridized carbons (Fsp3) is 0.346. The summed E-state index contributed by atoms with van der Waals surface area (Å²) in [6, 6.07) is 28.4. The Hall–Kier alpha value is -4.82. The lowest BCUT2D eigenvalue weighted by molar-refractivity contribution is -0.0452. The summed E-state index contributed by atoms with van der Waals surface area (Å²) in [5.41, 5.74) is 6.42. The maximum atomic E-state index is 10.5. The summed E-state index contributed by atoms with van der Waals surface area (Å²) in [5.74, 6) is 1.24. The van der Waals surface area contributed by atoms with E-state index >= 15 is 0 Å². The molecule has 2 nitrogen and oxygen atoms in total. The molecule has 1 heterocycles. The highest BCUT2D eigenvalue weighted by Crippen LogP contribution is 2.69. The second-order valence-electron chi connectivity index (χ2n) is 18.3. The van der Waals surface area contributed by atoms with Crippen molar-refractivity contribution in [2.75, 3.05) is 4.90 Å². The summed E-state index contributed by atoms with van der Waals surface area (Å²) in [5, 5.41) is 2.32. The molecular weight excluding hydrogens is 655 g/mol. The minimum absolute atomic E-state index is 0.0118. The van der Waals surface area contributed by atoms with Crippen LogP contribution in [0.2, 0.25) is 0 Å². The first-order valence-corrected chi connectivity index (χ1v) is 20.1. The first-order valence-electron chi connectivity index (χ1n) is 23.6. The maximum absolute atomic E-state index is 10.5. The van der Waals surface area contributed by atoms with Gasteiger partial charge in [0.15, 0.2) is 0 Å². The third-order valence-corrected chi connectivity index (χ3v) is 14.4. The van der Waals surface area contributed by atoms with Gasteiger partial charge < -0.3 is 9.64 Å². The highest BCUT2D eigenvalue weighted by atomic mass is 16.5. The molecule has 5 aliphatic carbocycles. The number of hydrogen-bond donors (Lipinski definition) is 0. The summed E-state index contributed by atoms with van der Waals surface area (Å²) in [4.78, 5) is 2.01. The molecule has 0 unspecified atom stereocenters. The average Bonchev–Trinajstić information content (AvgIpc) is 3.25. The number of anilines is 3. The van der Waals surface area contributed by atoms with Crippen LogP contribution in [0.4, 0.5) is 17.1 Å². The second-order valence-corrected chi connectivity index (χ2v) is 18.3. The molecule has 270 valence electrons. The van der Waals surface area contributed by atoms with Crippen molar-refractivity contribution >= 4 is 27.8 Å². The fourth-order valence-corrected chi connectivity index (χ4v) is 11.9. The van der Waals surface area contributed by atoms with E-state index < -0.39 is 5.41 Å². The van der Waals surface area contributed by atoms with Crippen LogP contribution in [0.1, 0.15) is 104 Å². The Labute approximate surface area is 331 Å². The lowest BCUT2D eigenvalue weighted by Gasteiger charge is -2.63. The first kappa shape index (κ1) is 26.1. The molecular formula is C52H51NO. The summed E-state index contributed by atoms with van der Waals surface area (Å²) >= 11 is 0. The van der Waals surface area contributed by atoms with E-state index in [1.54, 1.807) is 0 Å². The quantitative estimate of drug-likeness (QED) is 0.180. The lowest BCUT2D eigenvalue weighted by Crippen LogP contribution is -2.57. The Kier molecular flexibility index (Phi) is 5.60. The molecule has 4 saturated carbocycles. The molecule has 0 radical (unpaired) electrons. The Bertz CT molecular complexity index is 2810. The second kappa shape index (κ2) is 11.6. The standard InChI is InChI=1S/C52H51NO/c1-50(2)24-25-51(3,4)46-31-40(20-22-44(46)50)53(39-18-16-36(17-19-39)43-13-9-11-35-10-5-6-12-42(35)43)41-21-23-49-47(32-41)52(45-14-7-8-15-48(45)54-49)37-27-33-26-34(29-37)30-38(52)28-33/h5-23,31-34,37-38H,24-30H2,1-4H3/i7D,8D,14D,15D,21D,23D,32D. The van der Waals surface area contributed by atoms with Gasteiger partial charge >= 0.3 is 0 Å². The highest BCUT2D eigenvalue weighted by molar-refractivity contribution is 5.97. The molecule has 0 amide bonds. The van der Waals surface area contributed by atoms with E-state index in [0.29, 0.717) is 23.0 Å². The van der Waals surface area contributed by atoms with E-state index in [1.165, 1.54) is 17.5 Å². The van der Waals surface area contributed by atoms with Gasteiger partial charge in [0, 0.05) is 33.6 Å². The fourth-order valence-electron chi connectivity index (χ4n) is 11.9. The van der Waals surface area contributed by atoms with Gasteiger partial charge in [0.2, 0.25) is 0 Å². The Morgan fingerprint density at radius 3 is 2.04 bits per heavy atom. The van der Waals surface area contributed by atoms with Crippen molar-refractivity contribution in [3.63, 3.8) is 0 Å². The topological polar surface area (TPSA) is 12.5 Å². The average molecular weight is 713 g/mol. The molecule has 4 bridgehead atoms. The van der Waals surface area contributed by atoms with E-state index in [0.717, 1.165) is 71.8 Å². The van der Waals surface area contributed by atoms with Crippen molar-refractivity contribution in [2.24, 2.45) is 23.7 Å². The molecule has 0 N–H and O–H groups in total. The van der Waals surface area contributed by atoms with Gasteiger partial charge in [0.25, 0.3) is 0 Å². The molecule has 0 aromatic heterocycles. The summed E-state index contributed by atoms with van der Waals surface area (Å²) in [6.45, 7) is 9.21. The monoisotopic (exact) mass is 712 g/mol. The van der Waals surface area contributed by atoms with Crippen molar-refractivity contribution in [1.82, 2.24) is 0 Å². The van der Waals surface area contributed by atoms with Crippen molar-refractivity contribution in [1.29, 1.82) is 0 Å². The zero-order chi connectivity index (χ0) is 42.5. The van der Waals surface area contributed by atoms with Gasteiger partial charge in [-0.25, -0.2) is 0 Å². The maximum Gasteiger partial charge on any atom is 0.131 e. The number of benzene rings is 6. The van der Waals surface area contributed by atoms with Crippen molar-refractivity contribution in [2.45, 2.75) is 88.9 Å². The van der Waals surface area contributed by atoms with Crippen LogP contribution in [0.15, 0.2) is 127 Å². The molecule has 1 aliphatic heterocycles. The van der Waals surface area contributed by atoms with Crippen molar-refractivity contribution in [3.8, 4) is 22.6 Å². The smallest absolute Gasteiger partial charge is 0.131 e.